The molecule has 0 N–H and O–H groups in total. The zero-order valence-electron chi connectivity index (χ0n) is 12.2. The van der Waals surface area contributed by atoms with Crippen LogP contribution in [0.2, 0.25) is 0 Å². The predicted octanol–water partition coefficient (Wildman–Crippen LogP) is 2.44. The molecule has 0 spiro atoms. The monoisotopic (exact) mass is 281 g/mol. The van der Waals surface area contributed by atoms with Crippen LogP contribution < -0.4 is 4.90 Å². The first-order valence-corrected chi connectivity index (χ1v) is 7.80. The minimum atomic E-state index is 0.516. The van der Waals surface area contributed by atoms with E-state index in [1.165, 1.54) is 11.3 Å². The molecule has 1 saturated heterocycles. The molecule has 1 aromatic heterocycles. The quantitative estimate of drug-likeness (QED) is 0.794. The van der Waals surface area contributed by atoms with Gasteiger partial charge in [-0.3, -0.25) is 9.69 Å². The number of carbonyl (C=O) groups is 1. The number of hydrogen-bond donors (Lipinski definition) is 0. The number of piperazine rings is 1. The van der Waals surface area contributed by atoms with Crippen molar-refractivity contribution in [1.29, 1.82) is 0 Å². The Balaban J connectivity index is 2.20. The van der Waals surface area contributed by atoms with Crippen LogP contribution in [-0.2, 0) is 6.42 Å². The first kappa shape index (κ1) is 14.5. The Labute approximate surface area is 119 Å². The van der Waals surface area contributed by atoms with Gasteiger partial charge in [0.2, 0.25) is 0 Å². The van der Waals surface area contributed by atoms with E-state index in [4.69, 9.17) is 0 Å². The van der Waals surface area contributed by atoms with Gasteiger partial charge in [0, 0.05) is 25.2 Å². The van der Waals surface area contributed by atoms with Crippen LogP contribution in [0, 0.1) is 0 Å². The fourth-order valence-electron chi connectivity index (χ4n) is 2.55. The summed E-state index contributed by atoms with van der Waals surface area (Å²) in [5.74, 6) is 0. The van der Waals surface area contributed by atoms with E-state index >= 15 is 0 Å². The van der Waals surface area contributed by atoms with Crippen LogP contribution in [0.5, 0.6) is 0 Å². The van der Waals surface area contributed by atoms with E-state index in [1.807, 2.05) is 0 Å². The van der Waals surface area contributed by atoms with E-state index in [0.29, 0.717) is 12.1 Å². The fraction of sp³-hybridized carbons (Fsp3) is 0.714. The zero-order valence-corrected chi connectivity index (χ0v) is 13.0. The largest absolute Gasteiger partial charge is 0.345 e. The Kier molecular flexibility index (Phi) is 4.58. The standard InChI is InChI=1S/C14H23N3OS/c1-5-6-12-13(9-18)19-14(15-12)17-7-10(2)16(4)11(3)8-17/h9-11H,5-8H2,1-4H3. The highest BCUT2D eigenvalue weighted by atomic mass is 32.1. The van der Waals surface area contributed by atoms with E-state index in [9.17, 15) is 4.79 Å². The van der Waals surface area contributed by atoms with Crippen molar-refractivity contribution in [3.05, 3.63) is 10.6 Å². The Morgan fingerprint density at radius 3 is 2.53 bits per heavy atom. The number of aldehydes is 1. The van der Waals surface area contributed by atoms with Crippen LogP contribution in [0.25, 0.3) is 0 Å². The molecule has 19 heavy (non-hydrogen) atoms. The molecule has 0 aromatic carbocycles. The summed E-state index contributed by atoms with van der Waals surface area (Å²) in [6.45, 7) is 8.57. The molecule has 0 aliphatic carbocycles. The summed E-state index contributed by atoms with van der Waals surface area (Å²) in [4.78, 5) is 21.3. The fourth-order valence-corrected chi connectivity index (χ4v) is 3.50. The van der Waals surface area contributed by atoms with E-state index < -0.39 is 0 Å². The van der Waals surface area contributed by atoms with E-state index in [2.05, 4.69) is 42.6 Å². The van der Waals surface area contributed by atoms with Crippen LogP contribution in [0.15, 0.2) is 0 Å². The Hall–Kier alpha value is -0.940. The normalized spacial score (nSPS) is 24.7. The molecular weight excluding hydrogens is 258 g/mol. The molecule has 0 saturated carbocycles. The molecule has 4 nitrogen and oxygen atoms in total. The second-order valence-corrected chi connectivity index (χ2v) is 6.45. The average Bonchev–Trinajstić information content (AvgIpc) is 2.79. The lowest BCUT2D eigenvalue weighted by molar-refractivity contribution is 0.112. The predicted molar refractivity (Wildman–Crippen MR) is 80.4 cm³/mol. The summed E-state index contributed by atoms with van der Waals surface area (Å²) in [6, 6.07) is 1.03. The maximum absolute atomic E-state index is 11.1. The summed E-state index contributed by atoms with van der Waals surface area (Å²) in [5.41, 5.74) is 0.969. The Bertz CT molecular complexity index is 434. The van der Waals surface area contributed by atoms with Gasteiger partial charge in [0.15, 0.2) is 11.4 Å². The molecule has 1 aromatic rings. The molecule has 5 heteroatoms. The molecule has 2 heterocycles. The number of likely N-dealkylation sites (N-methyl/N-ethyl adjacent to an activating group) is 1. The molecular formula is C14H23N3OS. The number of aromatic nitrogens is 1. The van der Waals surface area contributed by atoms with Crippen LogP contribution in [0.1, 0.15) is 42.6 Å². The van der Waals surface area contributed by atoms with Crippen molar-refractivity contribution in [2.45, 2.75) is 45.7 Å². The molecule has 2 rings (SSSR count). The number of thiazole rings is 1. The molecule has 0 radical (unpaired) electrons. The maximum atomic E-state index is 11.1. The van der Waals surface area contributed by atoms with Crippen molar-refractivity contribution in [2.75, 3.05) is 25.0 Å². The number of rotatable bonds is 4. The second kappa shape index (κ2) is 6.01. The number of hydrogen-bond acceptors (Lipinski definition) is 5. The highest BCUT2D eigenvalue weighted by Gasteiger charge is 2.28. The van der Waals surface area contributed by atoms with Crippen molar-refractivity contribution in [1.82, 2.24) is 9.88 Å². The summed E-state index contributed by atoms with van der Waals surface area (Å²) >= 11 is 1.54. The third-order valence-electron chi connectivity index (χ3n) is 3.94. The summed E-state index contributed by atoms with van der Waals surface area (Å²) in [6.07, 6.45) is 2.87. The summed E-state index contributed by atoms with van der Waals surface area (Å²) in [5, 5.41) is 1.01. The number of carbonyl (C=O) groups excluding carboxylic acids is 1. The topological polar surface area (TPSA) is 36.4 Å². The molecule has 2 atom stereocenters. The minimum absolute atomic E-state index is 0.516. The van der Waals surface area contributed by atoms with E-state index in [0.717, 1.165) is 47.9 Å². The van der Waals surface area contributed by atoms with Crippen LogP contribution in [0.4, 0.5) is 5.13 Å². The number of nitrogens with zero attached hydrogens (tertiary/aromatic N) is 3. The molecule has 1 aliphatic heterocycles. The molecule has 1 aliphatic rings. The van der Waals surface area contributed by atoms with Gasteiger partial charge in [0.1, 0.15) is 0 Å². The van der Waals surface area contributed by atoms with Gasteiger partial charge in [-0.05, 0) is 27.3 Å². The summed E-state index contributed by atoms with van der Waals surface area (Å²) < 4.78 is 0. The van der Waals surface area contributed by atoms with Crippen molar-refractivity contribution in [3.63, 3.8) is 0 Å². The van der Waals surface area contributed by atoms with Crippen LogP contribution in [-0.4, -0.2) is 48.4 Å². The average molecular weight is 281 g/mol. The molecule has 0 amide bonds. The van der Waals surface area contributed by atoms with E-state index in [1.54, 1.807) is 0 Å². The van der Waals surface area contributed by atoms with Gasteiger partial charge in [-0.1, -0.05) is 24.7 Å². The first-order valence-electron chi connectivity index (χ1n) is 6.98. The highest BCUT2D eigenvalue weighted by Crippen LogP contribution is 2.28. The van der Waals surface area contributed by atoms with Gasteiger partial charge < -0.3 is 4.90 Å². The van der Waals surface area contributed by atoms with Gasteiger partial charge in [-0.25, -0.2) is 4.98 Å². The zero-order chi connectivity index (χ0) is 14.0. The molecule has 1 fully saturated rings. The maximum Gasteiger partial charge on any atom is 0.186 e. The Morgan fingerprint density at radius 1 is 1.37 bits per heavy atom. The molecule has 2 unspecified atom stereocenters. The lowest BCUT2D eigenvalue weighted by atomic mass is 10.1. The second-order valence-electron chi connectivity index (χ2n) is 5.44. The van der Waals surface area contributed by atoms with Crippen LogP contribution >= 0.6 is 11.3 Å². The lowest BCUT2D eigenvalue weighted by Gasteiger charge is -2.42. The van der Waals surface area contributed by atoms with Crippen LogP contribution in [0.3, 0.4) is 0 Å². The molecule has 106 valence electrons. The summed E-state index contributed by atoms with van der Waals surface area (Å²) in [7, 11) is 2.17. The SMILES string of the molecule is CCCc1nc(N2CC(C)N(C)C(C)C2)sc1C=O. The van der Waals surface area contributed by atoms with Crippen molar-refractivity contribution in [2.24, 2.45) is 0 Å². The van der Waals surface area contributed by atoms with Gasteiger partial charge in [-0.15, -0.1) is 0 Å². The van der Waals surface area contributed by atoms with Crippen molar-refractivity contribution in [3.8, 4) is 0 Å². The minimum Gasteiger partial charge on any atom is -0.345 e. The van der Waals surface area contributed by atoms with Crippen molar-refractivity contribution < 1.29 is 4.79 Å². The van der Waals surface area contributed by atoms with Gasteiger partial charge in [0.05, 0.1) is 10.6 Å². The third-order valence-corrected chi connectivity index (χ3v) is 5.02. The highest BCUT2D eigenvalue weighted by molar-refractivity contribution is 7.17. The number of anilines is 1. The van der Waals surface area contributed by atoms with Crippen molar-refractivity contribution >= 4 is 22.8 Å². The lowest BCUT2D eigenvalue weighted by Crippen LogP contribution is -2.55. The Morgan fingerprint density at radius 2 is 2.00 bits per heavy atom. The van der Waals surface area contributed by atoms with Gasteiger partial charge in [0.25, 0.3) is 0 Å². The third kappa shape index (κ3) is 2.98. The smallest absolute Gasteiger partial charge is 0.186 e. The van der Waals surface area contributed by atoms with Gasteiger partial charge in [-0.2, -0.15) is 0 Å². The van der Waals surface area contributed by atoms with E-state index in [-0.39, 0.29) is 0 Å². The first-order chi connectivity index (χ1) is 9.06. The number of aryl methyl sites for hydroxylation is 1. The van der Waals surface area contributed by atoms with Gasteiger partial charge >= 0.3 is 0 Å². The molecule has 0 bridgehead atoms.